The van der Waals surface area contributed by atoms with Crippen molar-refractivity contribution in [2.24, 2.45) is 0 Å². The Hall–Kier alpha value is -3.16. The third kappa shape index (κ3) is 3.44. The van der Waals surface area contributed by atoms with Crippen molar-refractivity contribution in [3.05, 3.63) is 52.7 Å². The molecule has 0 spiro atoms. The maximum absolute atomic E-state index is 12.3. The number of hydrogen-bond acceptors (Lipinski definition) is 5. The number of amides is 1. The first-order chi connectivity index (χ1) is 9.97. The highest BCUT2D eigenvalue weighted by molar-refractivity contribution is 6.06. The molecule has 1 aromatic heterocycles. The molecule has 1 heterocycles. The lowest BCUT2D eigenvalue weighted by atomic mass is 10.2. The number of carboxylic acids is 1. The second kappa shape index (κ2) is 5.87. The number of anilines is 1. The number of aromatic amines is 1. The molecule has 0 bridgehead atoms. The lowest BCUT2D eigenvalue weighted by molar-refractivity contribution is -0.135. The Kier molecular flexibility index (Phi) is 3.98. The van der Waals surface area contributed by atoms with Gasteiger partial charge in [0, 0.05) is 11.9 Å². The lowest BCUT2D eigenvalue weighted by Crippen LogP contribution is -2.36. The number of aromatic hydroxyl groups is 1. The summed E-state index contributed by atoms with van der Waals surface area (Å²) in [4.78, 5) is 41.1. The van der Waals surface area contributed by atoms with Crippen molar-refractivity contribution in [1.82, 2.24) is 9.97 Å². The van der Waals surface area contributed by atoms with Crippen molar-refractivity contribution in [2.45, 2.75) is 0 Å². The zero-order valence-corrected chi connectivity index (χ0v) is 10.7. The molecular formula is C13H11N3O5. The largest absolute Gasteiger partial charge is 0.508 e. The van der Waals surface area contributed by atoms with Crippen LogP contribution in [0.25, 0.3) is 0 Å². The molecule has 8 heteroatoms. The minimum absolute atomic E-state index is 0.0105. The molecule has 0 aliphatic carbocycles. The summed E-state index contributed by atoms with van der Waals surface area (Å²) >= 11 is 0. The van der Waals surface area contributed by atoms with E-state index in [-0.39, 0.29) is 17.1 Å². The van der Waals surface area contributed by atoms with Crippen molar-refractivity contribution in [3.8, 4) is 5.75 Å². The van der Waals surface area contributed by atoms with E-state index in [2.05, 4.69) is 9.97 Å². The van der Waals surface area contributed by atoms with Crippen LogP contribution in [-0.2, 0) is 4.79 Å². The Bertz CT molecular complexity index is 703. The maximum Gasteiger partial charge on any atom is 0.323 e. The molecule has 0 saturated carbocycles. The van der Waals surface area contributed by atoms with E-state index in [0.29, 0.717) is 0 Å². The minimum atomic E-state index is -1.21. The van der Waals surface area contributed by atoms with Gasteiger partial charge < -0.3 is 15.2 Å². The van der Waals surface area contributed by atoms with Crippen molar-refractivity contribution >= 4 is 17.6 Å². The predicted molar refractivity (Wildman–Crippen MR) is 72.3 cm³/mol. The minimum Gasteiger partial charge on any atom is -0.508 e. The fourth-order valence-corrected chi connectivity index (χ4v) is 1.65. The van der Waals surface area contributed by atoms with Gasteiger partial charge in [0.2, 0.25) is 0 Å². The number of benzene rings is 1. The van der Waals surface area contributed by atoms with E-state index >= 15 is 0 Å². The Labute approximate surface area is 118 Å². The lowest BCUT2D eigenvalue weighted by Gasteiger charge is -2.20. The highest BCUT2D eigenvalue weighted by atomic mass is 16.4. The van der Waals surface area contributed by atoms with Crippen molar-refractivity contribution < 1.29 is 19.8 Å². The molecule has 1 aromatic carbocycles. The van der Waals surface area contributed by atoms with Gasteiger partial charge in [-0.15, -0.1) is 0 Å². The van der Waals surface area contributed by atoms with Crippen molar-refractivity contribution in [3.63, 3.8) is 0 Å². The fraction of sp³-hybridized carbons (Fsp3) is 0.0769. The summed E-state index contributed by atoms with van der Waals surface area (Å²) in [6, 6.07) is 5.47. The van der Waals surface area contributed by atoms with Crippen LogP contribution in [0.4, 0.5) is 5.69 Å². The third-order valence-electron chi connectivity index (χ3n) is 2.59. The first-order valence-corrected chi connectivity index (χ1v) is 5.85. The van der Waals surface area contributed by atoms with Gasteiger partial charge in [-0.1, -0.05) is 0 Å². The maximum atomic E-state index is 12.3. The second-order valence-corrected chi connectivity index (χ2v) is 4.10. The number of carbonyl (C=O) groups is 2. The SMILES string of the molecule is O=C(O)CN(C(=O)c1c[nH]c(=O)cn1)c1ccc(O)cc1. The Morgan fingerprint density at radius 1 is 1.24 bits per heavy atom. The molecule has 0 radical (unpaired) electrons. The summed E-state index contributed by atoms with van der Waals surface area (Å²) < 4.78 is 0. The normalized spacial score (nSPS) is 10.1. The average molecular weight is 289 g/mol. The Balaban J connectivity index is 2.37. The van der Waals surface area contributed by atoms with Gasteiger partial charge in [-0.25, -0.2) is 4.98 Å². The van der Waals surface area contributed by atoms with Gasteiger partial charge in [0.05, 0.1) is 6.20 Å². The van der Waals surface area contributed by atoms with Crippen LogP contribution in [0.3, 0.4) is 0 Å². The average Bonchev–Trinajstić information content (AvgIpc) is 2.46. The van der Waals surface area contributed by atoms with Gasteiger partial charge in [0.25, 0.3) is 11.5 Å². The molecule has 21 heavy (non-hydrogen) atoms. The molecule has 0 aliphatic rings. The smallest absolute Gasteiger partial charge is 0.323 e. The number of H-pyrrole nitrogens is 1. The summed E-state index contributed by atoms with van der Waals surface area (Å²) in [5.41, 5.74) is -0.280. The number of carboxylic acid groups (broad SMARTS) is 1. The standard InChI is InChI=1S/C13H11N3O5/c17-9-3-1-8(2-4-9)16(7-12(19)20)13(21)10-5-15-11(18)6-14-10/h1-6,17H,7H2,(H,15,18)(H,19,20). The molecule has 108 valence electrons. The molecule has 8 nitrogen and oxygen atoms in total. The number of aromatic nitrogens is 2. The quantitative estimate of drug-likeness (QED) is 0.739. The van der Waals surface area contributed by atoms with E-state index in [1.807, 2.05) is 0 Å². The van der Waals surface area contributed by atoms with E-state index < -0.39 is 24.0 Å². The monoisotopic (exact) mass is 289 g/mol. The van der Waals surface area contributed by atoms with Crippen LogP contribution in [0.2, 0.25) is 0 Å². The van der Waals surface area contributed by atoms with Crippen molar-refractivity contribution in [1.29, 1.82) is 0 Å². The predicted octanol–water partition coefficient (Wildman–Crippen LogP) is 0.207. The van der Waals surface area contributed by atoms with Crippen LogP contribution >= 0.6 is 0 Å². The molecule has 0 aliphatic heterocycles. The van der Waals surface area contributed by atoms with E-state index in [1.54, 1.807) is 0 Å². The van der Waals surface area contributed by atoms with Crippen LogP contribution in [0.15, 0.2) is 41.5 Å². The number of nitrogens with one attached hydrogen (secondary N) is 1. The van der Waals surface area contributed by atoms with E-state index in [1.165, 1.54) is 24.3 Å². The molecule has 3 N–H and O–H groups in total. The number of aliphatic carboxylic acids is 1. The van der Waals surface area contributed by atoms with Crippen LogP contribution in [0.1, 0.15) is 10.5 Å². The molecule has 0 saturated heterocycles. The number of carbonyl (C=O) groups excluding carboxylic acids is 1. The Morgan fingerprint density at radius 3 is 2.43 bits per heavy atom. The van der Waals surface area contributed by atoms with Crippen LogP contribution in [-0.4, -0.2) is 38.6 Å². The topological polar surface area (TPSA) is 124 Å². The number of hydrogen-bond donors (Lipinski definition) is 3. The third-order valence-corrected chi connectivity index (χ3v) is 2.59. The van der Waals surface area contributed by atoms with Gasteiger partial charge in [0.15, 0.2) is 0 Å². The van der Waals surface area contributed by atoms with Gasteiger partial charge in [-0.3, -0.25) is 19.3 Å². The number of phenols is 1. The van der Waals surface area contributed by atoms with E-state index in [9.17, 15) is 19.5 Å². The molecule has 0 atom stereocenters. The highest BCUT2D eigenvalue weighted by Gasteiger charge is 2.21. The van der Waals surface area contributed by atoms with Crippen molar-refractivity contribution in [2.75, 3.05) is 11.4 Å². The first kappa shape index (κ1) is 14.3. The summed E-state index contributed by atoms with van der Waals surface area (Å²) in [7, 11) is 0. The molecule has 2 aromatic rings. The number of rotatable bonds is 4. The van der Waals surface area contributed by atoms with Crippen LogP contribution in [0.5, 0.6) is 5.75 Å². The molecule has 1 amide bonds. The van der Waals surface area contributed by atoms with Gasteiger partial charge in [-0.05, 0) is 24.3 Å². The first-order valence-electron chi connectivity index (χ1n) is 5.85. The molecular weight excluding hydrogens is 278 g/mol. The van der Waals surface area contributed by atoms with Gasteiger partial charge >= 0.3 is 5.97 Å². The van der Waals surface area contributed by atoms with Crippen LogP contribution < -0.4 is 10.5 Å². The van der Waals surface area contributed by atoms with Gasteiger partial charge in [0.1, 0.15) is 18.0 Å². The summed E-state index contributed by atoms with van der Waals surface area (Å²) in [6.45, 7) is -0.579. The second-order valence-electron chi connectivity index (χ2n) is 4.10. The summed E-state index contributed by atoms with van der Waals surface area (Å²) in [5.74, 6) is -1.90. The Morgan fingerprint density at radius 2 is 1.90 bits per heavy atom. The molecule has 0 unspecified atom stereocenters. The number of nitrogens with zero attached hydrogens (tertiary/aromatic N) is 2. The molecule has 2 rings (SSSR count). The molecule has 0 fully saturated rings. The van der Waals surface area contributed by atoms with Crippen LogP contribution in [0, 0.1) is 0 Å². The summed E-state index contributed by atoms with van der Waals surface area (Å²) in [5, 5.41) is 18.2. The zero-order chi connectivity index (χ0) is 15.4. The summed E-state index contributed by atoms with van der Waals surface area (Å²) in [6.07, 6.45) is 2.04. The fourth-order valence-electron chi connectivity index (χ4n) is 1.65. The number of phenolic OH excluding ortho intramolecular Hbond substituents is 1. The van der Waals surface area contributed by atoms with E-state index in [0.717, 1.165) is 17.3 Å². The van der Waals surface area contributed by atoms with Gasteiger partial charge in [-0.2, -0.15) is 0 Å². The zero-order valence-electron chi connectivity index (χ0n) is 10.7. The highest BCUT2D eigenvalue weighted by Crippen LogP contribution is 2.19. The van der Waals surface area contributed by atoms with E-state index in [4.69, 9.17) is 5.11 Å².